The first-order valence-electron chi connectivity index (χ1n) is 15.2. The lowest BCUT2D eigenvalue weighted by atomic mass is 9.80. The van der Waals surface area contributed by atoms with Gasteiger partial charge >= 0.3 is 11.9 Å². The summed E-state index contributed by atoms with van der Waals surface area (Å²) in [7, 11) is 3.49. The van der Waals surface area contributed by atoms with E-state index in [2.05, 4.69) is 74.7 Å². The highest BCUT2D eigenvalue weighted by atomic mass is 35.5. The molecule has 3 aromatic rings. The van der Waals surface area contributed by atoms with Gasteiger partial charge in [0.1, 0.15) is 6.61 Å². The first-order valence-corrected chi connectivity index (χ1v) is 16.0. The quantitative estimate of drug-likeness (QED) is 0.285. The number of esters is 2. The van der Waals surface area contributed by atoms with Crippen LogP contribution in [0.4, 0.5) is 0 Å². The summed E-state index contributed by atoms with van der Waals surface area (Å²) < 4.78 is 11.1. The lowest BCUT2D eigenvalue weighted by Crippen LogP contribution is -3.10. The number of rotatable bonds is 12. The van der Waals surface area contributed by atoms with Gasteiger partial charge in [0.25, 0.3) is 0 Å². The Morgan fingerprint density at radius 1 is 0.870 bits per heavy atom. The van der Waals surface area contributed by atoms with Gasteiger partial charge in [-0.2, -0.15) is 0 Å². The maximum Gasteiger partial charge on any atom is 0.336 e. The molecule has 0 aromatic heterocycles. The second-order valence-electron chi connectivity index (χ2n) is 12.6. The predicted molar refractivity (Wildman–Crippen MR) is 180 cm³/mol. The van der Waals surface area contributed by atoms with Crippen LogP contribution in [0.2, 0.25) is 10.0 Å². The highest BCUT2D eigenvalue weighted by Crippen LogP contribution is 2.43. The normalized spacial score (nSPS) is 15.6. The minimum Gasteiger partial charge on any atom is -1.00 e. The second kappa shape index (κ2) is 16.5. The van der Waals surface area contributed by atoms with Crippen LogP contribution in [-0.2, 0) is 19.1 Å². The molecule has 0 aliphatic carbocycles. The van der Waals surface area contributed by atoms with E-state index in [-0.39, 0.29) is 35.0 Å². The van der Waals surface area contributed by atoms with E-state index in [0.717, 1.165) is 19.5 Å². The Morgan fingerprint density at radius 3 is 1.96 bits per heavy atom. The highest BCUT2D eigenvalue weighted by molar-refractivity contribution is 6.42. The van der Waals surface area contributed by atoms with Crippen molar-refractivity contribution in [2.75, 3.05) is 33.9 Å². The third-order valence-electron chi connectivity index (χ3n) is 8.32. The molecular weight excluding hydrogens is 643 g/mol. The van der Waals surface area contributed by atoms with Crippen LogP contribution >= 0.6 is 23.2 Å². The van der Waals surface area contributed by atoms with Crippen molar-refractivity contribution in [3.8, 4) is 0 Å². The molecule has 3 aromatic carbocycles. The van der Waals surface area contributed by atoms with Gasteiger partial charge < -0.3 is 32.1 Å². The van der Waals surface area contributed by atoms with Gasteiger partial charge in [0.2, 0.25) is 0 Å². The smallest absolute Gasteiger partial charge is 0.336 e. The molecule has 2 unspecified atom stereocenters. The van der Waals surface area contributed by atoms with Crippen molar-refractivity contribution in [1.29, 1.82) is 0 Å². The van der Waals surface area contributed by atoms with Crippen LogP contribution in [0.5, 0.6) is 0 Å². The largest absolute Gasteiger partial charge is 1.00 e. The van der Waals surface area contributed by atoms with Crippen LogP contribution in [0.3, 0.4) is 0 Å². The average Bonchev–Trinajstić information content (AvgIpc) is 3.01. The third kappa shape index (κ3) is 8.95. The Bertz CT molecular complexity index is 1530. The second-order valence-corrected chi connectivity index (χ2v) is 13.3. The number of methoxy groups -OCH3 is 1. The monoisotopic (exact) mass is 684 g/mol. The van der Waals surface area contributed by atoms with E-state index in [1.165, 1.54) is 23.1 Å². The summed E-state index contributed by atoms with van der Waals surface area (Å²) in [5, 5.41) is 3.77. The van der Waals surface area contributed by atoms with E-state index < -0.39 is 17.9 Å². The molecule has 0 fully saturated rings. The molecule has 46 heavy (non-hydrogen) atoms. The van der Waals surface area contributed by atoms with E-state index in [1.54, 1.807) is 32.0 Å². The van der Waals surface area contributed by atoms with E-state index in [9.17, 15) is 9.59 Å². The fraction of sp³-hybridized carbons (Fsp3) is 0.351. The first-order chi connectivity index (χ1) is 21.4. The van der Waals surface area contributed by atoms with Gasteiger partial charge in [-0.25, -0.2) is 9.59 Å². The van der Waals surface area contributed by atoms with Gasteiger partial charge in [0, 0.05) is 29.1 Å². The average molecular weight is 686 g/mol. The number of carbonyl (C=O) groups excluding carboxylic acids is 2. The van der Waals surface area contributed by atoms with Crippen LogP contribution < -0.4 is 22.6 Å². The Balaban J connectivity index is 0.00000576. The summed E-state index contributed by atoms with van der Waals surface area (Å²) in [6.45, 7) is 9.71. The molecule has 0 radical (unpaired) electrons. The molecule has 0 saturated heterocycles. The predicted octanol–water partition coefficient (Wildman–Crippen LogP) is 3.71. The van der Waals surface area contributed by atoms with Crippen LogP contribution in [0, 0.1) is 5.41 Å². The summed E-state index contributed by atoms with van der Waals surface area (Å²) in [6.07, 6.45) is 0.984. The molecule has 0 saturated carbocycles. The molecule has 4 rings (SSSR count). The summed E-state index contributed by atoms with van der Waals surface area (Å²) in [6, 6.07) is 26.4. The summed E-state index contributed by atoms with van der Waals surface area (Å²) in [4.78, 5) is 28.2. The lowest BCUT2D eigenvalue weighted by Gasteiger charge is -2.32. The zero-order valence-corrected chi connectivity index (χ0v) is 29.5. The lowest BCUT2D eigenvalue weighted by molar-refractivity contribution is -0.886. The van der Waals surface area contributed by atoms with E-state index in [0.29, 0.717) is 33.5 Å². The van der Waals surface area contributed by atoms with Crippen LogP contribution in [0.25, 0.3) is 0 Å². The first kappa shape index (κ1) is 37.2. The molecule has 0 spiro atoms. The fourth-order valence-corrected chi connectivity index (χ4v) is 6.70. The molecule has 9 heteroatoms. The van der Waals surface area contributed by atoms with Crippen LogP contribution in [0.15, 0.2) is 101 Å². The molecule has 0 bridgehead atoms. The van der Waals surface area contributed by atoms with Gasteiger partial charge in [-0.15, -0.1) is 0 Å². The van der Waals surface area contributed by atoms with Crippen molar-refractivity contribution in [3.05, 3.63) is 128 Å². The van der Waals surface area contributed by atoms with Crippen molar-refractivity contribution in [1.82, 2.24) is 5.32 Å². The van der Waals surface area contributed by atoms with E-state index in [4.69, 9.17) is 32.7 Å². The zero-order valence-electron chi connectivity index (χ0n) is 27.3. The topological polar surface area (TPSA) is 69.1 Å². The number of allylic oxidation sites excluding steroid dienone is 2. The van der Waals surface area contributed by atoms with Crippen LogP contribution in [0.1, 0.15) is 62.6 Å². The number of benzene rings is 3. The summed E-state index contributed by atoms with van der Waals surface area (Å²) >= 11 is 13.0. The number of dihydropyridines is 1. The van der Waals surface area contributed by atoms with Gasteiger partial charge in [0.05, 0.1) is 54.4 Å². The SMILES string of the molecule is COC(=O)C1=C(C)NC(C)=C(C(=O)OCC(C)(C)C[NH+](C)CCC(c2ccccc2)c2ccccc2)C1c1cccc(Cl)c1Cl.[Cl-]. The maximum absolute atomic E-state index is 13.8. The fourth-order valence-electron chi connectivity index (χ4n) is 6.28. The van der Waals surface area contributed by atoms with Crippen molar-refractivity contribution < 1.29 is 36.4 Å². The van der Waals surface area contributed by atoms with Gasteiger partial charge in [-0.1, -0.05) is 110 Å². The Morgan fingerprint density at radius 2 is 1.41 bits per heavy atom. The van der Waals surface area contributed by atoms with Gasteiger partial charge in [0.15, 0.2) is 0 Å². The van der Waals surface area contributed by atoms with E-state index in [1.807, 2.05) is 12.1 Å². The minimum absolute atomic E-state index is 0. The van der Waals surface area contributed by atoms with Gasteiger partial charge in [-0.3, -0.25) is 0 Å². The molecule has 0 amide bonds. The number of ether oxygens (including phenoxy) is 2. The van der Waals surface area contributed by atoms with Crippen molar-refractivity contribution >= 4 is 35.1 Å². The maximum atomic E-state index is 13.8. The highest BCUT2D eigenvalue weighted by Gasteiger charge is 2.39. The molecule has 246 valence electrons. The molecule has 1 aliphatic rings. The summed E-state index contributed by atoms with van der Waals surface area (Å²) in [5.74, 6) is -1.59. The number of hydrogen-bond donors (Lipinski definition) is 2. The van der Waals surface area contributed by atoms with Crippen molar-refractivity contribution in [2.24, 2.45) is 5.41 Å². The number of carbonyl (C=O) groups is 2. The molecule has 2 atom stereocenters. The molecule has 1 heterocycles. The molecule has 6 nitrogen and oxygen atoms in total. The summed E-state index contributed by atoms with van der Waals surface area (Å²) in [5.41, 5.74) is 4.58. The van der Waals surface area contributed by atoms with Gasteiger partial charge in [-0.05, 0) is 36.6 Å². The molecule has 2 N–H and O–H groups in total. The zero-order chi connectivity index (χ0) is 32.7. The Hall–Kier alpha value is -3.29. The Kier molecular flexibility index (Phi) is 13.3. The third-order valence-corrected chi connectivity index (χ3v) is 9.15. The standard InChI is InChI=1S/C37H42Cl2N2O4.ClH/c1-24-31(35(42)44-6)33(29-18-13-19-30(38)34(29)39)32(25(2)40-24)36(43)45-23-37(3,4)22-41(5)21-20-28(26-14-9-7-10-15-26)27-16-11-8-12-17-27;/h7-19,28,33,40H,20-23H2,1-6H3;1H. The number of nitrogens with one attached hydrogen (secondary N) is 2. The molecule has 1 aliphatic heterocycles. The minimum atomic E-state index is -0.804. The van der Waals surface area contributed by atoms with Crippen LogP contribution in [-0.4, -0.2) is 45.8 Å². The van der Waals surface area contributed by atoms with Crippen molar-refractivity contribution in [3.63, 3.8) is 0 Å². The molecular formula is C37H43Cl3N2O4. The van der Waals surface area contributed by atoms with Crippen molar-refractivity contribution in [2.45, 2.75) is 46.0 Å². The number of quaternary nitrogens is 1. The van der Waals surface area contributed by atoms with E-state index >= 15 is 0 Å². The number of hydrogen-bond acceptors (Lipinski definition) is 5. The Labute approximate surface area is 289 Å². The number of halogens is 3.